The van der Waals surface area contributed by atoms with Crippen molar-refractivity contribution in [2.75, 3.05) is 10.2 Å². The fraction of sp³-hybridized carbons (Fsp3) is 0.211. The van der Waals surface area contributed by atoms with Crippen LogP contribution in [0.3, 0.4) is 0 Å². The molecule has 0 spiro atoms. The second kappa shape index (κ2) is 6.18. The number of nitrogens with zero attached hydrogens (tertiary/aromatic N) is 2. The molecule has 1 fully saturated rings. The zero-order chi connectivity index (χ0) is 18.3. The number of amides is 2. The molecule has 26 heavy (non-hydrogen) atoms. The lowest BCUT2D eigenvalue weighted by atomic mass is 10.2. The number of carbonyl (C=O) groups is 2. The summed E-state index contributed by atoms with van der Waals surface area (Å²) in [4.78, 5) is 38.1. The molecule has 2 aromatic carbocycles. The van der Waals surface area contributed by atoms with E-state index >= 15 is 0 Å². The highest BCUT2D eigenvalue weighted by molar-refractivity contribution is 6.07. The second-order valence-corrected chi connectivity index (χ2v) is 6.25. The monoisotopic (exact) mass is 351 g/mol. The average Bonchev–Trinajstić information content (AvgIpc) is 3.16. The molecule has 2 heterocycles. The molecule has 1 atom stereocenters. The van der Waals surface area contributed by atoms with Crippen LogP contribution in [0.4, 0.5) is 11.4 Å². The lowest BCUT2D eigenvalue weighted by molar-refractivity contribution is -0.120. The first-order valence-electron chi connectivity index (χ1n) is 8.32. The molecule has 1 aliphatic heterocycles. The van der Waals surface area contributed by atoms with Crippen LogP contribution in [0.25, 0.3) is 11.1 Å². The third-order valence-electron chi connectivity index (χ3n) is 4.61. The molecule has 132 valence electrons. The van der Waals surface area contributed by atoms with E-state index in [0.29, 0.717) is 35.3 Å². The number of para-hydroxylation sites is 1. The number of aromatic nitrogens is 1. The van der Waals surface area contributed by atoms with Gasteiger partial charge in [0, 0.05) is 30.9 Å². The van der Waals surface area contributed by atoms with E-state index in [0.717, 1.165) is 0 Å². The van der Waals surface area contributed by atoms with Crippen LogP contribution in [0.1, 0.15) is 12.8 Å². The van der Waals surface area contributed by atoms with Gasteiger partial charge in [0.2, 0.25) is 11.8 Å². The van der Waals surface area contributed by atoms with Crippen LogP contribution < -0.4 is 16.0 Å². The van der Waals surface area contributed by atoms with Crippen LogP contribution in [0, 0.1) is 0 Å². The predicted molar refractivity (Wildman–Crippen MR) is 97.0 cm³/mol. The Kier molecular flexibility index (Phi) is 3.84. The molecule has 0 bridgehead atoms. The number of anilines is 2. The summed E-state index contributed by atoms with van der Waals surface area (Å²) in [7, 11) is 1.62. The molecule has 1 aromatic heterocycles. The molecule has 1 aliphatic rings. The van der Waals surface area contributed by atoms with Crippen molar-refractivity contribution in [2.24, 2.45) is 7.05 Å². The van der Waals surface area contributed by atoms with E-state index in [1.54, 1.807) is 25.2 Å². The van der Waals surface area contributed by atoms with Crippen molar-refractivity contribution in [3.05, 3.63) is 59.1 Å². The third kappa shape index (κ3) is 2.67. The van der Waals surface area contributed by atoms with Gasteiger partial charge < -0.3 is 9.73 Å². The minimum absolute atomic E-state index is 0.0686. The van der Waals surface area contributed by atoms with Crippen molar-refractivity contribution in [3.63, 3.8) is 0 Å². The zero-order valence-corrected chi connectivity index (χ0v) is 14.1. The number of benzene rings is 2. The first kappa shape index (κ1) is 16.1. The van der Waals surface area contributed by atoms with Crippen molar-refractivity contribution >= 4 is 34.3 Å². The molecule has 1 unspecified atom stereocenters. The van der Waals surface area contributed by atoms with Gasteiger partial charge in [0.25, 0.3) is 0 Å². The molecule has 1 N–H and O–H groups in total. The molecule has 7 heteroatoms. The largest absolute Gasteiger partial charge is 0.419 e. The first-order chi connectivity index (χ1) is 12.5. The van der Waals surface area contributed by atoms with E-state index in [4.69, 9.17) is 4.42 Å². The second-order valence-electron chi connectivity index (χ2n) is 6.25. The van der Waals surface area contributed by atoms with Gasteiger partial charge in [-0.05, 0) is 30.7 Å². The molecule has 0 aliphatic carbocycles. The van der Waals surface area contributed by atoms with Crippen LogP contribution in [0.15, 0.2) is 57.7 Å². The smallest absolute Gasteiger partial charge is 0.408 e. The summed E-state index contributed by atoms with van der Waals surface area (Å²) < 4.78 is 6.54. The maximum Gasteiger partial charge on any atom is 0.419 e. The van der Waals surface area contributed by atoms with Crippen molar-refractivity contribution < 1.29 is 14.0 Å². The molecule has 1 saturated heterocycles. The summed E-state index contributed by atoms with van der Waals surface area (Å²) in [5.74, 6) is -0.793. The Morgan fingerprint density at radius 1 is 1.15 bits per heavy atom. The van der Waals surface area contributed by atoms with Gasteiger partial charge in [0.15, 0.2) is 5.58 Å². The lowest BCUT2D eigenvalue weighted by Gasteiger charge is -2.24. The fourth-order valence-corrected chi connectivity index (χ4v) is 3.28. The molecule has 3 aromatic rings. The van der Waals surface area contributed by atoms with E-state index in [1.165, 1.54) is 9.47 Å². The molecule has 2 amide bonds. The van der Waals surface area contributed by atoms with Crippen LogP contribution >= 0.6 is 0 Å². The highest BCUT2D eigenvalue weighted by Gasteiger charge is 2.37. The number of nitrogens with one attached hydrogen (secondary N) is 1. The number of carbonyl (C=O) groups excluding carboxylic acids is 2. The highest BCUT2D eigenvalue weighted by atomic mass is 16.4. The molecule has 4 rings (SSSR count). The lowest BCUT2D eigenvalue weighted by Crippen LogP contribution is -2.41. The molecular weight excluding hydrogens is 334 g/mol. The van der Waals surface area contributed by atoms with Gasteiger partial charge in [-0.15, -0.1) is 0 Å². The zero-order valence-electron chi connectivity index (χ0n) is 14.1. The van der Waals surface area contributed by atoms with Crippen molar-refractivity contribution in [3.8, 4) is 0 Å². The Labute approximate surface area is 148 Å². The molecule has 7 nitrogen and oxygen atoms in total. The molecule has 0 saturated carbocycles. The van der Waals surface area contributed by atoms with Gasteiger partial charge >= 0.3 is 5.76 Å². The minimum atomic E-state index is -0.566. The highest BCUT2D eigenvalue weighted by Crippen LogP contribution is 2.27. The van der Waals surface area contributed by atoms with Crippen LogP contribution in [-0.4, -0.2) is 22.4 Å². The third-order valence-corrected chi connectivity index (χ3v) is 4.61. The fourth-order valence-electron chi connectivity index (χ4n) is 3.28. The van der Waals surface area contributed by atoms with Gasteiger partial charge in [-0.25, -0.2) is 4.79 Å². The van der Waals surface area contributed by atoms with Crippen LogP contribution in [0.2, 0.25) is 0 Å². The molecule has 0 radical (unpaired) electrons. The number of hydrogen-bond donors (Lipinski definition) is 1. The summed E-state index contributed by atoms with van der Waals surface area (Å²) in [6.07, 6.45) is 0.793. The summed E-state index contributed by atoms with van der Waals surface area (Å²) in [5.41, 5.74) is 2.27. The molecular formula is C19H17N3O4. The van der Waals surface area contributed by atoms with Crippen molar-refractivity contribution in [1.29, 1.82) is 0 Å². The van der Waals surface area contributed by atoms with Gasteiger partial charge in [0.05, 0.1) is 5.52 Å². The van der Waals surface area contributed by atoms with Gasteiger partial charge in [0.1, 0.15) is 6.04 Å². The first-order valence-corrected chi connectivity index (χ1v) is 8.32. The van der Waals surface area contributed by atoms with Gasteiger partial charge in [-0.1, -0.05) is 18.2 Å². The van der Waals surface area contributed by atoms with E-state index in [-0.39, 0.29) is 11.8 Å². The van der Waals surface area contributed by atoms with E-state index in [1.807, 2.05) is 30.3 Å². The normalized spacial score (nSPS) is 17.0. The number of aryl methyl sites for hydroxylation is 1. The van der Waals surface area contributed by atoms with Crippen LogP contribution in [-0.2, 0) is 16.6 Å². The Balaban J connectivity index is 1.59. The quantitative estimate of drug-likeness (QED) is 0.784. The van der Waals surface area contributed by atoms with Gasteiger partial charge in [-0.3, -0.25) is 19.1 Å². The number of fused-ring (bicyclic) bond motifs is 1. The van der Waals surface area contributed by atoms with E-state index < -0.39 is 11.8 Å². The summed E-state index contributed by atoms with van der Waals surface area (Å²) >= 11 is 0. The SMILES string of the molecule is Cn1c(=O)oc2cc(NC(=O)C3CCC(=O)N3c3ccccc3)ccc21. The topological polar surface area (TPSA) is 84.5 Å². The summed E-state index contributed by atoms with van der Waals surface area (Å²) in [6, 6.07) is 13.6. The summed E-state index contributed by atoms with van der Waals surface area (Å²) in [5, 5.41) is 2.82. The van der Waals surface area contributed by atoms with Crippen LogP contribution in [0.5, 0.6) is 0 Å². The van der Waals surface area contributed by atoms with E-state index in [2.05, 4.69) is 5.32 Å². The number of rotatable bonds is 3. The minimum Gasteiger partial charge on any atom is -0.408 e. The predicted octanol–water partition coefficient (Wildman–Crippen LogP) is 2.27. The summed E-state index contributed by atoms with van der Waals surface area (Å²) in [6.45, 7) is 0. The maximum atomic E-state index is 12.7. The maximum absolute atomic E-state index is 12.7. The van der Waals surface area contributed by atoms with Crippen molar-refractivity contribution in [2.45, 2.75) is 18.9 Å². The standard InChI is InChI=1S/C19H17N3O4/c1-21-14-8-7-12(11-16(14)26-19(21)25)20-18(24)15-9-10-17(23)22(15)13-5-3-2-4-6-13/h2-8,11,15H,9-10H2,1H3,(H,20,24). The Morgan fingerprint density at radius 2 is 1.92 bits per heavy atom. The van der Waals surface area contributed by atoms with Crippen molar-refractivity contribution in [1.82, 2.24) is 4.57 Å². The Bertz CT molecular complexity index is 1050. The van der Waals surface area contributed by atoms with E-state index in [9.17, 15) is 14.4 Å². The number of oxazole rings is 1. The number of hydrogen-bond acceptors (Lipinski definition) is 4. The van der Waals surface area contributed by atoms with Gasteiger partial charge in [-0.2, -0.15) is 0 Å². The Morgan fingerprint density at radius 3 is 2.69 bits per heavy atom. The Hall–Kier alpha value is -3.35. The average molecular weight is 351 g/mol.